The van der Waals surface area contributed by atoms with Gasteiger partial charge in [0.2, 0.25) is 0 Å². The maximum absolute atomic E-state index is 13.1. The van der Waals surface area contributed by atoms with E-state index in [0.29, 0.717) is 27.7 Å². The average molecular weight is 434 g/mol. The van der Waals surface area contributed by atoms with Crippen molar-refractivity contribution in [3.05, 3.63) is 88.1 Å². The third-order valence-corrected chi connectivity index (χ3v) is 5.47. The van der Waals surface area contributed by atoms with Gasteiger partial charge >= 0.3 is 6.18 Å². The van der Waals surface area contributed by atoms with Gasteiger partial charge in [-0.25, -0.2) is 9.50 Å². The predicted molar refractivity (Wildman–Crippen MR) is 116 cm³/mol. The number of halogens is 3. The molecule has 0 amide bonds. The van der Waals surface area contributed by atoms with E-state index in [2.05, 4.69) is 10.1 Å². The molecule has 0 aliphatic heterocycles. The van der Waals surface area contributed by atoms with Crippen molar-refractivity contribution in [2.75, 3.05) is 0 Å². The Bertz CT molecular complexity index is 1530. The molecule has 0 atom stereocenters. The molecule has 3 heterocycles. The van der Waals surface area contributed by atoms with Crippen molar-refractivity contribution >= 4 is 16.6 Å². The molecule has 1 N–H and O–H groups in total. The van der Waals surface area contributed by atoms with E-state index in [4.69, 9.17) is 4.98 Å². The Balaban J connectivity index is 1.69. The van der Waals surface area contributed by atoms with Crippen LogP contribution in [-0.4, -0.2) is 19.6 Å². The van der Waals surface area contributed by atoms with Crippen molar-refractivity contribution < 1.29 is 13.2 Å². The number of fused-ring (bicyclic) bond motifs is 2. The zero-order valence-corrected chi connectivity index (χ0v) is 17.2. The van der Waals surface area contributed by atoms with E-state index in [1.165, 1.54) is 16.8 Å². The molecule has 0 spiro atoms. The molecule has 0 saturated heterocycles. The van der Waals surface area contributed by atoms with Crippen molar-refractivity contribution in [3.8, 4) is 22.3 Å². The van der Waals surface area contributed by atoms with Gasteiger partial charge in [0.05, 0.1) is 10.9 Å². The molecule has 8 heteroatoms. The Hall–Kier alpha value is -3.94. The molecule has 0 unspecified atom stereocenters. The molecule has 5 nitrogen and oxygen atoms in total. The van der Waals surface area contributed by atoms with Crippen LogP contribution in [-0.2, 0) is 6.18 Å². The number of aromatic nitrogens is 4. The minimum absolute atomic E-state index is 0.247. The minimum atomic E-state index is -4.50. The van der Waals surface area contributed by atoms with E-state index in [-0.39, 0.29) is 5.56 Å². The summed E-state index contributed by atoms with van der Waals surface area (Å²) in [6, 6.07) is 15.3. The van der Waals surface area contributed by atoms with Gasteiger partial charge in [-0.15, -0.1) is 0 Å². The lowest BCUT2D eigenvalue weighted by Crippen LogP contribution is -2.15. The summed E-state index contributed by atoms with van der Waals surface area (Å²) in [6.45, 7) is 3.88. The number of nitrogens with one attached hydrogen (secondary N) is 1. The summed E-state index contributed by atoms with van der Waals surface area (Å²) >= 11 is 0. The van der Waals surface area contributed by atoms with Gasteiger partial charge in [0.15, 0.2) is 5.65 Å². The van der Waals surface area contributed by atoms with Gasteiger partial charge < -0.3 is 0 Å². The van der Waals surface area contributed by atoms with Crippen molar-refractivity contribution in [3.63, 3.8) is 0 Å². The Kier molecular flexibility index (Phi) is 4.40. The van der Waals surface area contributed by atoms with E-state index in [1.807, 2.05) is 38.1 Å². The lowest BCUT2D eigenvalue weighted by molar-refractivity contribution is -0.141. The molecule has 0 aliphatic rings. The van der Waals surface area contributed by atoms with E-state index >= 15 is 0 Å². The summed E-state index contributed by atoms with van der Waals surface area (Å²) in [5.74, 6) is 0. The van der Waals surface area contributed by atoms with Gasteiger partial charge in [0.1, 0.15) is 5.69 Å². The van der Waals surface area contributed by atoms with Crippen LogP contribution in [0.15, 0.2) is 65.6 Å². The molecule has 5 aromatic rings. The molecule has 2 aromatic carbocycles. The molecule has 0 saturated carbocycles. The van der Waals surface area contributed by atoms with Crippen molar-refractivity contribution in [1.82, 2.24) is 19.6 Å². The molecule has 0 fully saturated rings. The molecule has 160 valence electrons. The van der Waals surface area contributed by atoms with E-state index in [9.17, 15) is 18.0 Å². The Morgan fingerprint density at radius 3 is 2.25 bits per heavy atom. The highest BCUT2D eigenvalue weighted by Crippen LogP contribution is 2.31. The Morgan fingerprint density at radius 2 is 1.59 bits per heavy atom. The van der Waals surface area contributed by atoms with Crippen molar-refractivity contribution in [2.45, 2.75) is 20.0 Å². The number of H-pyrrole nitrogens is 1. The number of hydrogen-bond donors (Lipinski definition) is 1. The van der Waals surface area contributed by atoms with Gasteiger partial charge in [-0.1, -0.05) is 42.0 Å². The van der Waals surface area contributed by atoms with Gasteiger partial charge in [-0.05, 0) is 43.2 Å². The quantitative estimate of drug-likeness (QED) is 0.397. The molecule has 3 aromatic heterocycles. The predicted octanol–water partition coefficient (Wildman–Crippen LogP) is 5.54. The fourth-order valence-electron chi connectivity index (χ4n) is 3.83. The second-order valence-electron chi connectivity index (χ2n) is 7.72. The Morgan fingerprint density at radius 1 is 0.906 bits per heavy atom. The van der Waals surface area contributed by atoms with Crippen molar-refractivity contribution in [2.24, 2.45) is 0 Å². The zero-order valence-electron chi connectivity index (χ0n) is 17.2. The average Bonchev–Trinajstić information content (AvgIpc) is 3.10. The number of alkyl halides is 3. The first-order valence-corrected chi connectivity index (χ1v) is 9.88. The SMILES string of the molecule is Cc1ccc(-c2c(C)[nH]n3c(=O)c4ccc(-c5ccc(C(F)(F)F)nc5)cc4nc23)cc1. The number of rotatable bonds is 2. The number of benzene rings is 2. The number of aryl methyl sites for hydroxylation is 2. The van der Waals surface area contributed by atoms with Crippen LogP contribution in [0.1, 0.15) is 17.0 Å². The first-order chi connectivity index (χ1) is 15.2. The Labute approximate surface area is 180 Å². The van der Waals surface area contributed by atoms with Crippen LogP contribution in [0.25, 0.3) is 38.8 Å². The molecule has 32 heavy (non-hydrogen) atoms. The molecule has 0 aliphatic carbocycles. The summed E-state index contributed by atoms with van der Waals surface area (Å²) in [4.78, 5) is 21.4. The fraction of sp³-hybridized carbons (Fsp3) is 0.125. The first kappa shape index (κ1) is 20.0. The fourth-order valence-corrected chi connectivity index (χ4v) is 3.83. The summed E-state index contributed by atoms with van der Waals surface area (Å²) < 4.78 is 39.9. The number of pyridine rings is 1. The molecule has 5 rings (SSSR count). The second-order valence-corrected chi connectivity index (χ2v) is 7.72. The monoisotopic (exact) mass is 434 g/mol. The van der Waals surface area contributed by atoms with Gasteiger partial charge in [0.25, 0.3) is 5.56 Å². The van der Waals surface area contributed by atoms with Gasteiger partial charge in [0, 0.05) is 23.0 Å². The maximum atomic E-state index is 13.1. The topological polar surface area (TPSA) is 63.0 Å². The minimum Gasteiger partial charge on any atom is -0.293 e. The normalized spacial score (nSPS) is 12.0. The van der Waals surface area contributed by atoms with Crippen LogP contribution >= 0.6 is 0 Å². The van der Waals surface area contributed by atoms with Crippen LogP contribution < -0.4 is 5.56 Å². The summed E-state index contributed by atoms with van der Waals surface area (Å²) in [6.07, 6.45) is -3.32. The van der Waals surface area contributed by atoms with Gasteiger partial charge in [-0.2, -0.15) is 13.2 Å². The highest BCUT2D eigenvalue weighted by Gasteiger charge is 2.32. The number of hydrogen-bond acceptors (Lipinski definition) is 3. The smallest absolute Gasteiger partial charge is 0.293 e. The highest BCUT2D eigenvalue weighted by atomic mass is 19.4. The van der Waals surface area contributed by atoms with E-state index in [1.54, 1.807) is 18.2 Å². The summed E-state index contributed by atoms with van der Waals surface area (Å²) in [5, 5.41) is 3.50. The maximum Gasteiger partial charge on any atom is 0.433 e. The second kappa shape index (κ2) is 7.05. The molecule has 0 bridgehead atoms. The van der Waals surface area contributed by atoms with Crippen LogP contribution in [0.2, 0.25) is 0 Å². The standard InChI is InChI=1S/C24H17F3N4O/c1-13-3-5-15(6-4-13)21-14(2)30-31-22(21)29-19-11-16(7-9-18(19)23(31)32)17-8-10-20(28-12-17)24(25,26)27/h3-12,30H,1-2H3. The lowest BCUT2D eigenvalue weighted by atomic mass is 10.0. The molecular weight excluding hydrogens is 417 g/mol. The lowest BCUT2D eigenvalue weighted by Gasteiger charge is -2.08. The zero-order chi connectivity index (χ0) is 22.6. The van der Waals surface area contributed by atoms with Crippen molar-refractivity contribution in [1.29, 1.82) is 0 Å². The van der Waals surface area contributed by atoms with Crippen LogP contribution in [0, 0.1) is 13.8 Å². The van der Waals surface area contributed by atoms with Crippen LogP contribution in [0.4, 0.5) is 13.2 Å². The molecular formula is C24H17F3N4O. The number of aromatic amines is 1. The third kappa shape index (κ3) is 3.24. The number of nitrogens with zero attached hydrogens (tertiary/aromatic N) is 3. The van der Waals surface area contributed by atoms with Gasteiger partial charge in [-0.3, -0.25) is 14.9 Å². The summed E-state index contributed by atoms with van der Waals surface area (Å²) in [5.41, 5.74) is 4.56. The van der Waals surface area contributed by atoms with E-state index in [0.717, 1.165) is 28.5 Å². The highest BCUT2D eigenvalue weighted by molar-refractivity contribution is 5.88. The first-order valence-electron chi connectivity index (χ1n) is 9.88. The van der Waals surface area contributed by atoms with Crippen LogP contribution in [0.5, 0.6) is 0 Å². The van der Waals surface area contributed by atoms with E-state index < -0.39 is 11.9 Å². The van der Waals surface area contributed by atoms with Crippen LogP contribution in [0.3, 0.4) is 0 Å². The summed E-state index contributed by atoms with van der Waals surface area (Å²) in [7, 11) is 0. The molecule has 0 radical (unpaired) electrons. The largest absolute Gasteiger partial charge is 0.433 e. The third-order valence-electron chi connectivity index (χ3n) is 5.47.